The Morgan fingerprint density at radius 3 is 2.32 bits per heavy atom. The number of hydrogen-bond donors (Lipinski definition) is 4. The third kappa shape index (κ3) is 9.19. The number of unbranched alkanes of at least 4 members (excludes halogenated alkanes) is 1. The Labute approximate surface area is 296 Å². The van der Waals surface area contributed by atoms with Crippen LogP contribution in [0.3, 0.4) is 0 Å². The Bertz CT molecular complexity index is 1630. The van der Waals surface area contributed by atoms with Crippen molar-refractivity contribution < 1.29 is 29.4 Å². The fraction of sp³-hybridized carbons (Fsp3) is 0.512. The van der Waals surface area contributed by atoms with Gasteiger partial charge in [-0.2, -0.15) is 0 Å². The molecular formula is C41H53N3O6. The number of benzene rings is 3. The summed E-state index contributed by atoms with van der Waals surface area (Å²) in [4.78, 5) is 26.3. The minimum Gasteiger partial charge on any atom is -0.392 e. The first-order chi connectivity index (χ1) is 24.0. The van der Waals surface area contributed by atoms with Crippen LogP contribution in [-0.2, 0) is 32.2 Å². The van der Waals surface area contributed by atoms with Gasteiger partial charge in [0, 0.05) is 50.5 Å². The molecule has 1 saturated carbocycles. The third-order valence-corrected chi connectivity index (χ3v) is 10.7. The van der Waals surface area contributed by atoms with Crippen molar-refractivity contribution in [2.75, 3.05) is 13.1 Å². The lowest BCUT2D eigenvalue weighted by Gasteiger charge is -2.41. The quantitative estimate of drug-likeness (QED) is 0.0873. The van der Waals surface area contributed by atoms with Crippen molar-refractivity contribution in [3.8, 4) is 11.1 Å². The van der Waals surface area contributed by atoms with Crippen LogP contribution < -0.4 is 10.8 Å². The molecule has 0 aromatic heterocycles. The van der Waals surface area contributed by atoms with Gasteiger partial charge in [0.1, 0.15) is 0 Å². The van der Waals surface area contributed by atoms with Gasteiger partial charge in [-0.3, -0.25) is 19.7 Å². The summed E-state index contributed by atoms with van der Waals surface area (Å²) in [7, 11) is 0. The molecule has 2 heterocycles. The molecule has 50 heavy (non-hydrogen) atoms. The normalized spacial score (nSPS) is 26.0. The highest BCUT2D eigenvalue weighted by molar-refractivity contribution is 5.76. The molecule has 3 aliphatic rings. The first-order valence-electron chi connectivity index (χ1n) is 18.1. The zero-order valence-electron chi connectivity index (χ0n) is 29.7. The zero-order valence-corrected chi connectivity index (χ0v) is 29.7. The number of likely N-dealkylation sites (tertiary alicyclic amines) is 1. The van der Waals surface area contributed by atoms with Crippen molar-refractivity contribution in [2.45, 2.75) is 110 Å². The van der Waals surface area contributed by atoms with Crippen LogP contribution in [0.5, 0.6) is 0 Å². The SMILES string of the molecule is CC1(C)CC2CC(C)(CN2CC2CC(c3ccc(CO)cc3)OC(c3cccc(-c4cccc(CNC(=O)CCCCC(=O)NO)c4)c3)O2)C1. The number of amides is 2. The molecule has 2 bridgehead atoms. The number of rotatable bonds is 13. The van der Waals surface area contributed by atoms with Crippen LogP contribution >= 0.6 is 0 Å². The molecule has 2 aliphatic heterocycles. The van der Waals surface area contributed by atoms with Crippen LogP contribution in [0.15, 0.2) is 72.8 Å². The Hall–Kier alpha value is -3.60. The molecule has 0 radical (unpaired) electrons. The van der Waals surface area contributed by atoms with Gasteiger partial charge in [-0.15, -0.1) is 0 Å². The van der Waals surface area contributed by atoms with Crippen LogP contribution in [-0.4, -0.2) is 52.3 Å². The maximum Gasteiger partial charge on any atom is 0.243 e. The Morgan fingerprint density at radius 1 is 0.860 bits per heavy atom. The zero-order chi connectivity index (χ0) is 35.3. The van der Waals surface area contributed by atoms with E-state index in [0.717, 1.165) is 52.9 Å². The number of fused-ring (bicyclic) bond motifs is 2. The maximum absolute atomic E-state index is 12.4. The van der Waals surface area contributed by atoms with E-state index in [1.807, 2.05) is 30.3 Å². The van der Waals surface area contributed by atoms with Crippen molar-refractivity contribution in [1.82, 2.24) is 15.7 Å². The number of carbonyl (C=O) groups is 2. The molecule has 0 spiro atoms. The van der Waals surface area contributed by atoms with E-state index in [1.54, 1.807) is 5.48 Å². The summed E-state index contributed by atoms with van der Waals surface area (Å²) in [6.45, 7) is 9.70. The van der Waals surface area contributed by atoms with Gasteiger partial charge >= 0.3 is 0 Å². The monoisotopic (exact) mass is 683 g/mol. The fourth-order valence-corrected chi connectivity index (χ4v) is 8.73. The maximum atomic E-state index is 12.4. The second-order valence-corrected chi connectivity index (χ2v) is 15.8. The van der Waals surface area contributed by atoms with Crippen molar-refractivity contribution in [2.24, 2.45) is 10.8 Å². The third-order valence-electron chi connectivity index (χ3n) is 10.7. The molecule has 5 unspecified atom stereocenters. The van der Waals surface area contributed by atoms with Gasteiger partial charge in [0.05, 0.1) is 18.8 Å². The predicted octanol–water partition coefficient (Wildman–Crippen LogP) is 6.97. The van der Waals surface area contributed by atoms with Crippen LogP contribution in [0.1, 0.15) is 107 Å². The number of ether oxygens (including phenoxy) is 2. The number of aliphatic hydroxyl groups excluding tert-OH is 1. The molecule has 5 atom stereocenters. The molecule has 4 N–H and O–H groups in total. The topological polar surface area (TPSA) is 120 Å². The number of nitrogens with one attached hydrogen (secondary N) is 2. The number of hydrogen-bond acceptors (Lipinski definition) is 7. The second-order valence-electron chi connectivity index (χ2n) is 15.8. The van der Waals surface area contributed by atoms with Crippen molar-refractivity contribution in [3.63, 3.8) is 0 Å². The van der Waals surface area contributed by atoms with E-state index in [1.165, 1.54) is 19.3 Å². The highest BCUT2D eigenvalue weighted by Crippen LogP contribution is 2.53. The smallest absolute Gasteiger partial charge is 0.243 e. The van der Waals surface area contributed by atoms with Gasteiger partial charge in [-0.1, -0.05) is 81.4 Å². The summed E-state index contributed by atoms with van der Waals surface area (Å²) in [5.41, 5.74) is 8.33. The molecule has 1 aliphatic carbocycles. The minimum atomic E-state index is -0.531. The summed E-state index contributed by atoms with van der Waals surface area (Å²) in [6.07, 6.45) is 5.47. The molecule has 2 amide bonds. The lowest BCUT2D eigenvalue weighted by atomic mass is 9.65. The van der Waals surface area contributed by atoms with Crippen LogP contribution in [0.4, 0.5) is 0 Å². The average molecular weight is 684 g/mol. The lowest BCUT2D eigenvalue weighted by Crippen LogP contribution is -2.42. The van der Waals surface area contributed by atoms with Gasteiger partial charge in [-0.05, 0) is 82.9 Å². The molecule has 3 aromatic carbocycles. The highest BCUT2D eigenvalue weighted by atomic mass is 16.7. The predicted molar refractivity (Wildman–Crippen MR) is 192 cm³/mol. The highest BCUT2D eigenvalue weighted by Gasteiger charge is 2.50. The number of hydroxylamine groups is 1. The van der Waals surface area contributed by atoms with E-state index in [9.17, 15) is 14.7 Å². The molecule has 3 aromatic rings. The summed E-state index contributed by atoms with van der Waals surface area (Å²) < 4.78 is 13.5. The van der Waals surface area contributed by atoms with Crippen molar-refractivity contribution in [1.29, 1.82) is 0 Å². The summed E-state index contributed by atoms with van der Waals surface area (Å²) in [5, 5.41) is 21.2. The van der Waals surface area contributed by atoms with Crippen LogP contribution in [0, 0.1) is 10.8 Å². The fourth-order valence-electron chi connectivity index (χ4n) is 8.73. The molecule has 9 nitrogen and oxygen atoms in total. The molecule has 268 valence electrons. The molecule has 3 fully saturated rings. The van der Waals surface area contributed by atoms with Gasteiger partial charge in [0.15, 0.2) is 6.29 Å². The summed E-state index contributed by atoms with van der Waals surface area (Å²) in [6, 6.07) is 25.2. The molecule has 2 saturated heterocycles. The average Bonchev–Trinajstić information content (AvgIpc) is 3.35. The molecular weight excluding hydrogens is 630 g/mol. The Balaban J connectivity index is 1.15. The van der Waals surface area contributed by atoms with Crippen molar-refractivity contribution >= 4 is 11.8 Å². The number of aliphatic hydroxyl groups is 1. The van der Waals surface area contributed by atoms with E-state index < -0.39 is 12.2 Å². The lowest BCUT2D eigenvalue weighted by molar-refractivity contribution is -0.253. The van der Waals surface area contributed by atoms with E-state index in [4.69, 9.17) is 14.7 Å². The first kappa shape index (κ1) is 36.2. The molecule has 6 rings (SSSR count). The summed E-state index contributed by atoms with van der Waals surface area (Å²) >= 11 is 0. The van der Waals surface area contributed by atoms with E-state index in [-0.39, 0.29) is 31.1 Å². The Morgan fingerprint density at radius 2 is 1.58 bits per heavy atom. The van der Waals surface area contributed by atoms with Gasteiger partial charge < -0.3 is 19.9 Å². The largest absolute Gasteiger partial charge is 0.392 e. The van der Waals surface area contributed by atoms with Gasteiger partial charge in [-0.25, -0.2) is 5.48 Å². The first-order valence-corrected chi connectivity index (χ1v) is 18.1. The van der Waals surface area contributed by atoms with E-state index >= 15 is 0 Å². The second kappa shape index (κ2) is 15.7. The molecule has 9 heteroatoms. The Kier molecular flexibility index (Phi) is 11.4. The standard InChI is InChI=1S/C41H53N3O6/c1-40(2)21-34-22-41(3,26-40)27-44(34)24-35-20-36(30-16-14-28(25-45)15-17-30)50-39(49-35)33-11-7-10-32(19-33)31-9-6-8-29(18-31)23-42-37(46)12-4-5-13-38(47)43-48/h6-11,14-19,34-36,39,45,48H,4-5,12-13,20-27H2,1-3H3,(H,42,46)(H,43,47). The van der Waals surface area contributed by atoms with Gasteiger partial charge in [0.2, 0.25) is 11.8 Å². The number of nitrogens with zero attached hydrogens (tertiary/aromatic N) is 1. The van der Waals surface area contributed by atoms with Crippen molar-refractivity contribution in [3.05, 3.63) is 95.1 Å². The van der Waals surface area contributed by atoms with E-state index in [2.05, 4.69) is 73.5 Å². The van der Waals surface area contributed by atoms with Crippen LogP contribution in [0.25, 0.3) is 11.1 Å². The van der Waals surface area contributed by atoms with Crippen LogP contribution in [0.2, 0.25) is 0 Å². The minimum absolute atomic E-state index is 0.00441. The van der Waals surface area contributed by atoms with Gasteiger partial charge in [0.25, 0.3) is 0 Å². The van der Waals surface area contributed by atoms with E-state index in [0.29, 0.717) is 42.7 Å². The summed E-state index contributed by atoms with van der Waals surface area (Å²) in [5.74, 6) is -0.512. The number of carbonyl (C=O) groups excluding carboxylic acids is 2.